The van der Waals surface area contributed by atoms with Crippen molar-refractivity contribution in [3.05, 3.63) is 0 Å². The molecule has 0 bridgehead atoms. The Labute approximate surface area is 172 Å². The third-order valence-electron chi connectivity index (χ3n) is 2.19. The van der Waals surface area contributed by atoms with Crippen LogP contribution in [-0.2, 0) is 33.4 Å². The number of aliphatic carboxylic acids is 1. The Bertz CT molecular complexity index is 701. The molecule has 0 aromatic carbocycles. The predicted molar refractivity (Wildman–Crippen MR) is 98.0 cm³/mol. The lowest BCUT2D eigenvalue weighted by atomic mass is 10.2. The SMILES string of the molecule is COC(=O)[C@H](C)O.[2H]C([2H])(C)CC([2H])([2H])C(=O)O.[2H]C([2H])(C)CC([2H])([2H])C(=O)O[C@@H](C)C(=O)OC. The molecule has 0 amide bonds. The summed E-state index contributed by atoms with van der Waals surface area (Å²) in [7, 11) is 2.35. The molecule has 2 N–H and O–H groups in total. The largest absolute Gasteiger partial charge is 0.481 e. The number of carbonyl (C=O) groups is 4. The van der Waals surface area contributed by atoms with Crippen molar-refractivity contribution < 1.29 is 54.6 Å². The Morgan fingerprint density at radius 1 is 0.926 bits per heavy atom. The highest BCUT2D eigenvalue weighted by molar-refractivity contribution is 5.78. The highest BCUT2D eigenvalue weighted by Gasteiger charge is 2.17. The van der Waals surface area contributed by atoms with Crippen LogP contribution in [-0.4, -0.2) is 60.5 Å². The Morgan fingerprint density at radius 2 is 1.37 bits per heavy atom. The average molecular weight is 403 g/mol. The molecule has 0 unspecified atom stereocenters. The summed E-state index contributed by atoms with van der Waals surface area (Å²) in [4.78, 5) is 42.6. The lowest BCUT2D eigenvalue weighted by molar-refractivity contribution is -0.164. The van der Waals surface area contributed by atoms with Gasteiger partial charge in [0.15, 0.2) is 6.10 Å². The van der Waals surface area contributed by atoms with E-state index in [1.807, 2.05) is 0 Å². The molecule has 0 fully saturated rings. The minimum absolute atomic E-state index is 0.597. The summed E-state index contributed by atoms with van der Waals surface area (Å²) in [5.41, 5.74) is 0. The van der Waals surface area contributed by atoms with Crippen LogP contribution in [0.1, 0.15) is 77.0 Å². The number of aliphatic hydroxyl groups excluding tert-OH is 1. The summed E-state index contributed by atoms with van der Waals surface area (Å²) in [6, 6.07) is 0. The maximum atomic E-state index is 11.4. The summed E-state index contributed by atoms with van der Waals surface area (Å²) >= 11 is 0. The molecule has 0 aromatic heterocycles. The van der Waals surface area contributed by atoms with Crippen molar-refractivity contribution in [2.45, 2.75) is 78.2 Å². The van der Waals surface area contributed by atoms with Crippen LogP contribution in [0.5, 0.6) is 0 Å². The molecule has 0 saturated heterocycles. The van der Waals surface area contributed by atoms with Crippen molar-refractivity contribution in [1.82, 2.24) is 0 Å². The Morgan fingerprint density at radius 3 is 1.63 bits per heavy atom. The zero-order valence-corrected chi connectivity index (χ0v) is 16.3. The van der Waals surface area contributed by atoms with E-state index in [1.165, 1.54) is 21.0 Å². The van der Waals surface area contributed by atoms with E-state index in [0.717, 1.165) is 21.0 Å². The van der Waals surface area contributed by atoms with Crippen LogP contribution in [0.4, 0.5) is 0 Å². The number of carbonyl (C=O) groups excluding carboxylic acids is 3. The summed E-state index contributed by atoms with van der Waals surface area (Å²) < 4.78 is 69.8. The lowest BCUT2D eigenvalue weighted by Gasteiger charge is -2.10. The van der Waals surface area contributed by atoms with Gasteiger partial charge in [-0.3, -0.25) is 9.59 Å². The highest BCUT2D eigenvalue weighted by atomic mass is 16.6. The van der Waals surface area contributed by atoms with E-state index in [0.29, 0.717) is 0 Å². The van der Waals surface area contributed by atoms with Gasteiger partial charge in [-0.2, -0.15) is 0 Å². The van der Waals surface area contributed by atoms with Crippen LogP contribution < -0.4 is 0 Å². The molecule has 0 spiro atoms. The fourth-order valence-electron chi connectivity index (χ4n) is 0.911. The first-order valence-corrected chi connectivity index (χ1v) is 7.61. The molecular weight excluding hydrogens is 360 g/mol. The van der Waals surface area contributed by atoms with Crippen molar-refractivity contribution in [2.75, 3.05) is 14.2 Å². The van der Waals surface area contributed by atoms with Crippen LogP contribution >= 0.6 is 0 Å². The maximum Gasteiger partial charge on any atom is 0.346 e. The minimum atomic E-state index is -2.49. The van der Waals surface area contributed by atoms with Crippen molar-refractivity contribution >= 4 is 23.9 Å². The summed E-state index contributed by atoms with van der Waals surface area (Å²) in [5, 5.41) is 16.6. The van der Waals surface area contributed by atoms with E-state index in [1.54, 1.807) is 0 Å². The molecule has 160 valence electrons. The standard InChI is InChI=1S/C9H16O4.C5H10O2.C4H8O3/c1-4-5-6-8(10)13-7(2)9(11)12-3;1-2-3-4-5(6)7;1-3(5)4(6)7-2/h7H,4-6H2,1-3H3;2-4H2,1H3,(H,6,7);3,5H,1-2H3/t7-;;3-/m0.0/s1/i4D2,6D2;2D2,4D2;. The van der Waals surface area contributed by atoms with Crippen LogP contribution in [0.25, 0.3) is 0 Å². The number of carboxylic acids is 1. The quantitative estimate of drug-likeness (QED) is 0.438. The van der Waals surface area contributed by atoms with Crippen molar-refractivity contribution in [1.29, 1.82) is 0 Å². The normalized spacial score (nSPS) is 17.9. The first-order valence-electron chi connectivity index (χ1n) is 11.6. The second-order valence-corrected chi connectivity index (χ2v) is 4.49. The van der Waals surface area contributed by atoms with Crippen molar-refractivity contribution in [3.63, 3.8) is 0 Å². The number of ether oxygens (including phenoxy) is 3. The summed E-state index contributed by atoms with van der Waals surface area (Å²) in [5.74, 6) is -4.29. The summed E-state index contributed by atoms with van der Waals surface area (Å²) in [6.07, 6.45) is -12.1. The number of hydrogen-bond donors (Lipinski definition) is 2. The van der Waals surface area contributed by atoms with Gasteiger partial charge in [0.25, 0.3) is 0 Å². The molecule has 0 aliphatic rings. The number of carboxylic acid groups (broad SMARTS) is 1. The molecule has 0 heterocycles. The smallest absolute Gasteiger partial charge is 0.346 e. The van der Waals surface area contributed by atoms with Gasteiger partial charge in [-0.05, 0) is 26.7 Å². The van der Waals surface area contributed by atoms with Crippen molar-refractivity contribution in [2.24, 2.45) is 0 Å². The molecule has 27 heavy (non-hydrogen) atoms. The van der Waals surface area contributed by atoms with Crippen LogP contribution in [0.15, 0.2) is 0 Å². The molecule has 9 nitrogen and oxygen atoms in total. The topological polar surface area (TPSA) is 136 Å². The molecule has 0 rings (SSSR count). The summed E-state index contributed by atoms with van der Waals surface area (Å²) in [6.45, 7) is 4.90. The van der Waals surface area contributed by atoms with Gasteiger partial charge in [0.2, 0.25) is 0 Å². The zero-order chi connectivity index (χ0) is 29.0. The molecular formula is C18H34O9. The van der Waals surface area contributed by atoms with Crippen LogP contribution in [0, 0.1) is 0 Å². The number of methoxy groups -OCH3 is 2. The first-order chi connectivity index (χ1) is 15.3. The van der Waals surface area contributed by atoms with Crippen LogP contribution in [0.2, 0.25) is 0 Å². The third-order valence-corrected chi connectivity index (χ3v) is 2.19. The number of aliphatic hydroxyl groups is 1. The predicted octanol–water partition coefficient (Wildman–Crippen LogP) is 2.08. The minimum Gasteiger partial charge on any atom is -0.481 e. The van der Waals surface area contributed by atoms with Gasteiger partial charge in [0, 0.05) is 23.7 Å². The van der Waals surface area contributed by atoms with E-state index in [4.69, 9.17) is 21.2 Å². The molecule has 9 heteroatoms. The second-order valence-electron chi connectivity index (χ2n) is 4.49. The Kier molecular flexibility index (Phi) is 11.8. The monoisotopic (exact) mass is 402 g/mol. The van der Waals surface area contributed by atoms with E-state index in [2.05, 4.69) is 14.2 Å². The number of esters is 3. The maximum absolute atomic E-state index is 11.4. The molecule has 0 saturated carbocycles. The van der Waals surface area contributed by atoms with Gasteiger partial charge in [-0.15, -0.1) is 0 Å². The average Bonchev–Trinajstić information content (AvgIpc) is 2.63. The van der Waals surface area contributed by atoms with Gasteiger partial charge in [-0.25, -0.2) is 9.59 Å². The first kappa shape index (κ1) is 15.9. The van der Waals surface area contributed by atoms with Gasteiger partial charge in [-0.1, -0.05) is 26.6 Å². The molecule has 0 aliphatic carbocycles. The lowest BCUT2D eigenvalue weighted by Crippen LogP contribution is -2.25. The van der Waals surface area contributed by atoms with Gasteiger partial charge < -0.3 is 24.4 Å². The van der Waals surface area contributed by atoms with E-state index in [-0.39, 0.29) is 0 Å². The molecule has 2 atom stereocenters. The second kappa shape index (κ2) is 20.2. The number of rotatable bonds is 9. The Balaban J connectivity index is -0.000000486. The highest BCUT2D eigenvalue weighted by Crippen LogP contribution is 2.01. The van der Waals surface area contributed by atoms with E-state index in [9.17, 15) is 19.2 Å². The molecule has 0 radical (unpaired) electrons. The third kappa shape index (κ3) is 23.8. The van der Waals surface area contributed by atoms with Gasteiger partial charge in [0.05, 0.1) is 14.2 Å². The van der Waals surface area contributed by atoms with E-state index < -0.39 is 74.4 Å². The zero-order valence-electron chi connectivity index (χ0n) is 24.3. The van der Waals surface area contributed by atoms with Gasteiger partial charge in [0.1, 0.15) is 6.10 Å². The molecule has 0 aromatic rings. The van der Waals surface area contributed by atoms with Crippen LogP contribution in [0.3, 0.4) is 0 Å². The molecule has 0 aliphatic heterocycles. The number of hydrogen-bond acceptors (Lipinski definition) is 8. The van der Waals surface area contributed by atoms with Gasteiger partial charge >= 0.3 is 23.9 Å². The fourth-order valence-corrected chi connectivity index (χ4v) is 0.911. The van der Waals surface area contributed by atoms with E-state index >= 15 is 0 Å². The Hall–Kier alpha value is -2.16. The van der Waals surface area contributed by atoms with Crippen molar-refractivity contribution in [3.8, 4) is 0 Å². The fraction of sp³-hybridized carbons (Fsp3) is 0.778.